The van der Waals surface area contributed by atoms with E-state index in [4.69, 9.17) is 9.47 Å². The first kappa shape index (κ1) is 27.8. The Balaban J connectivity index is 1.15. The highest BCUT2D eigenvalue weighted by Gasteiger charge is 2.31. The van der Waals surface area contributed by atoms with Crippen LogP contribution in [0.15, 0.2) is 66.7 Å². The molecule has 5 rings (SSSR count). The molecule has 10 heteroatoms. The lowest BCUT2D eigenvalue weighted by atomic mass is 10.0. The third-order valence-corrected chi connectivity index (χ3v) is 7.39. The maximum atomic E-state index is 13.2. The molecule has 2 atom stereocenters. The molecule has 2 heterocycles. The number of carbonyl (C=O) groups excluding carboxylic acids is 2. The summed E-state index contributed by atoms with van der Waals surface area (Å²) in [6.07, 6.45) is 0.930. The molecule has 0 saturated carbocycles. The molecule has 0 spiro atoms. The molecule has 1 saturated heterocycles. The highest BCUT2D eigenvalue weighted by atomic mass is 16.7. The number of hydrogen-bond acceptors (Lipinski definition) is 6. The number of piperidine rings is 1. The molecule has 1 fully saturated rings. The van der Waals surface area contributed by atoms with Crippen molar-refractivity contribution in [3.05, 3.63) is 89.0 Å². The molecule has 2 aliphatic rings. The summed E-state index contributed by atoms with van der Waals surface area (Å²) in [6, 6.07) is 19.2. The van der Waals surface area contributed by atoms with Crippen LogP contribution in [-0.4, -0.2) is 47.3 Å². The Hall–Kier alpha value is -4.73. The van der Waals surface area contributed by atoms with Crippen molar-refractivity contribution in [1.29, 1.82) is 0 Å². The predicted octanol–water partition coefficient (Wildman–Crippen LogP) is 4.34. The molecule has 0 radical (unpaired) electrons. The minimum atomic E-state index is -1.07. The lowest BCUT2D eigenvalue weighted by Gasteiger charge is -2.33. The van der Waals surface area contributed by atoms with Gasteiger partial charge >= 0.3 is 12.0 Å². The second kappa shape index (κ2) is 12.6. The van der Waals surface area contributed by atoms with Gasteiger partial charge in [0.1, 0.15) is 6.04 Å². The van der Waals surface area contributed by atoms with Crippen LogP contribution in [0.4, 0.5) is 10.5 Å². The number of carboxylic acid groups (broad SMARTS) is 1. The van der Waals surface area contributed by atoms with Gasteiger partial charge in [-0.25, -0.2) is 4.79 Å². The van der Waals surface area contributed by atoms with Gasteiger partial charge < -0.3 is 35.4 Å². The van der Waals surface area contributed by atoms with E-state index in [-0.39, 0.29) is 19.1 Å². The average Bonchev–Trinajstić information content (AvgIpc) is 3.43. The number of nitrogens with one attached hydrogen (secondary N) is 3. The number of aliphatic carboxylic acids is 1. The average molecular weight is 559 g/mol. The summed E-state index contributed by atoms with van der Waals surface area (Å²) >= 11 is 0. The van der Waals surface area contributed by atoms with E-state index >= 15 is 0 Å². The Labute approximate surface area is 238 Å². The lowest BCUT2D eigenvalue weighted by Crippen LogP contribution is -2.54. The molecule has 214 valence electrons. The van der Waals surface area contributed by atoms with Crippen molar-refractivity contribution in [2.75, 3.05) is 18.7 Å². The van der Waals surface area contributed by atoms with Crippen molar-refractivity contribution < 1.29 is 29.0 Å². The van der Waals surface area contributed by atoms with Crippen LogP contribution in [0.5, 0.6) is 11.5 Å². The molecular formula is C31H34N4O6. The molecule has 0 aliphatic carbocycles. The zero-order chi connectivity index (χ0) is 28.8. The highest BCUT2D eigenvalue weighted by Crippen LogP contribution is 2.34. The summed E-state index contributed by atoms with van der Waals surface area (Å²) < 4.78 is 10.7. The molecule has 10 nitrogen and oxygen atoms in total. The van der Waals surface area contributed by atoms with Gasteiger partial charge in [0.15, 0.2) is 11.5 Å². The number of urea groups is 1. The first-order chi connectivity index (χ1) is 19.9. The van der Waals surface area contributed by atoms with E-state index in [9.17, 15) is 19.5 Å². The van der Waals surface area contributed by atoms with E-state index in [1.807, 2.05) is 36.4 Å². The topological polar surface area (TPSA) is 129 Å². The first-order valence-electron chi connectivity index (χ1n) is 13.7. The van der Waals surface area contributed by atoms with Gasteiger partial charge in [0, 0.05) is 25.3 Å². The number of anilines is 1. The Morgan fingerprint density at radius 3 is 2.61 bits per heavy atom. The number of fused-ring (bicyclic) bond motifs is 1. The van der Waals surface area contributed by atoms with Crippen molar-refractivity contribution in [3.8, 4) is 11.5 Å². The Bertz CT molecular complexity index is 1410. The number of carbonyl (C=O) groups is 3. The van der Waals surface area contributed by atoms with Crippen molar-refractivity contribution in [2.45, 2.75) is 51.4 Å². The molecule has 2 aliphatic heterocycles. The fourth-order valence-corrected chi connectivity index (χ4v) is 5.10. The van der Waals surface area contributed by atoms with Crippen LogP contribution in [0, 0.1) is 6.92 Å². The van der Waals surface area contributed by atoms with Gasteiger partial charge in [-0.05, 0) is 66.3 Å². The van der Waals surface area contributed by atoms with Crippen LogP contribution in [0.1, 0.15) is 47.6 Å². The summed E-state index contributed by atoms with van der Waals surface area (Å²) in [4.78, 5) is 39.4. The van der Waals surface area contributed by atoms with Gasteiger partial charge in [-0.1, -0.05) is 42.5 Å². The number of benzene rings is 3. The minimum absolute atomic E-state index is 0.0889. The third-order valence-electron chi connectivity index (χ3n) is 7.39. The summed E-state index contributed by atoms with van der Waals surface area (Å²) in [5.74, 6) is -0.169. The maximum absolute atomic E-state index is 13.2. The number of aryl methyl sites for hydroxylation is 1. The zero-order valence-corrected chi connectivity index (χ0v) is 22.9. The van der Waals surface area contributed by atoms with Crippen LogP contribution < -0.4 is 25.4 Å². The maximum Gasteiger partial charge on any atom is 0.315 e. The third kappa shape index (κ3) is 7.08. The van der Waals surface area contributed by atoms with E-state index in [1.54, 1.807) is 23.1 Å². The Morgan fingerprint density at radius 1 is 1.05 bits per heavy atom. The number of nitrogens with zero attached hydrogens (tertiary/aromatic N) is 1. The smallest absolute Gasteiger partial charge is 0.315 e. The molecule has 3 aromatic rings. The zero-order valence-electron chi connectivity index (χ0n) is 22.9. The molecule has 3 aromatic carbocycles. The van der Waals surface area contributed by atoms with Gasteiger partial charge in [-0.3, -0.25) is 9.59 Å². The highest BCUT2D eigenvalue weighted by molar-refractivity contribution is 5.88. The van der Waals surface area contributed by atoms with E-state index < -0.39 is 24.1 Å². The number of amides is 3. The van der Waals surface area contributed by atoms with Crippen molar-refractivity contribution in [1.82, 2.24) is 15.5 Å². The standard InChI is InChI=1S/C31H34N4O6/c1-20-5-2-3-6-23(20)17-32-24-11-8-21(9-12-24)18-35-14-4-7-25(30(35)38)33-31(39)34-26(16-29(36)37)22-10-13-27-28(15-22)41-19-40-27/h2-3,5-6,8-13,15,25-26,32H,4,7,14,16-19H2,1H3,(H,36,37)(H2,33,34,39)/t25-,26-/m0/s1. The van der Waals surface area contributed by atoms with E-state index in [2.05, 4.69) is 35.0 Å². The van der Waals surface area contributed by atoms with Crippen molar-refractivity contribution in [2.24, 2.45) is 0 Å². The fourth-order valence-electron chi connectivity index (χ4n) is 5.10. The number of ether oxygens (including phenoxy) is 2. The number of hydrogen-bond donors (Lipinski definition) is 4. The van der Waals surface area contributed by atoms with Gasteiger partial charge in [0.05, 0.1) is 12.5 Å². The second-order valence-corrected chi connectivity index (χ2v) is 10.3. The van der Waals surface area contributed by atoms with Crippen LogP contribution >= 0.6 is 0 Å². The van der Waals surface area contributed by atoms with Crippen LogP contribution in [0.3, 0.4) is 0 Å². The quantitative estimate of drug-likeness (QED) is 0.291. The normalized spacial score (nSPS) is 16.7. The van der Waals surface area contributed by atoms with E-state index in [0.29, 0.717) is 36.6 Å². The SMILES string of the molecule is Cc1ccccc1CNc1ccc(CN2CCC[C@H](NC(=O)N[C@@H](CC(=O)O)c3ccc4c(c3)OCO4)C2=O)cc1. The summed E-state index contributed by atoms with van der Waals surface area (Å²) in [5.41, 5.74) is 5.04. The van der Waals surface area contributed by atoms with Crippen LogP contribution in [-0.2, 0) is 22.7 Å². The molecule has 0 aromatic heterocycles. The van der Waals surface area contributed by atoms with E-state index in [1.165, 1.54) is 11.1 Å². The predicted molar refractivity (Wildman–Crippen MR) is 153 cm³/mol. The van der Waals surface area contributed by atoms with Crippen molar-refractivity contribution in [3.63, 3.8) is 0 Å². The summed E-state index contributed by atoms with van der Waals surface area (Å²) in [6.45, 7) is 3.95. The fraction of sp³-hybridized carbons (Fsp3) is 0.323. The number of rotatable bonds is 10. The first-order valence-corrected chi connectivity index (χ1v) is 13.7. The molecule has 0 bridgehead atoms. The number of likely N-dealkylation sites (tertiary alicyclic amines) is 1. The summed E-state index contributed by atoms with van der Waals surface area (Å²) in [7, 11) is 0. The van der Waals surface area contributed by atoms with Crippen molar-refractivity contribution >= 4 is 23.6 Å². The molecule has 0 unspecified atom stereocenters. The Kier molecular flexibility index (Phi) is 8.57. The monoisotopic (exact) mass is 558 g/mol. The summed E-state index contributed by atoms with van der Waals surface area (Å²) in [5, 5.41) is 18.3. The molecular weight excluding hydrogens is 524 g/mol. The molecule has 3 amide bonds. The van der Waals surface area contributed by atoms with Gasteiger partial charge in [0.2, 0.25) is 12.7 Å². The molecule has 4 N–H and O–H groups in total. The lowest BCUT2D eigenvalue weighted by molar-refractivity contribution is -0.138. The van der Waals surface area contributed by atoms with Crippen LogP contribution in [0.2, 0.25) is 0 Å². The van der Waals surface area contributed by atoms with Gasteiger partial charge in [-0.15, -0.1) is 0 Å². The van der Waals surface area contributed by atoms with Crippen LogP contribution in [0.25, 0.3) is 0 Å². The van der Waals surface area contributed by atoms with E-state index in [0.717, 1.165) is 24.2 Å². The largest absolute Gasteiger partial charge is 0.481 e. The number of carboxylic acids is 1. The van der Waals surface area contributed by atoms with Gasteiger partial charge in [0.25, 0.3) is 0 Å². The molecule has 41 heavy (non-hydrogen) atoms. The Morgan fingerprint density at radius 2 is 1.83 bits per heavy atom. The second-order valence-electron chi connectivity index (χ2n) is 10.3. The van der Waals surface area contributed by atoms with Gasteiger partial charge in [-0.2, -0.15) is 0 Å². The minimum Gasteiger partial charge on any atom is -0.481 e.